The Balaban J connectivity index is 1.12. The first kappa shape index (κ1) is 34.2. The first-order chi connectivity index (χ1) is 31.8. The Kier molecular flexibility index (Phi) is 6.71. The van der Waals surface area contributed by atoms with Crippen LogP contribution in [0.1, 0.15) is 0 Å². The zero-order valence-corrected chi connectivity index (χ0v) is 34.7. The van der Waals surface area contributed by atoms with E-state index in [1.807, 2.05) is 0 Å². The molecule has 15 rings (SSSR count). The molecule has 2 heteroatoms. The molecule has 11 aromatic carbocycles. The summed E-state index contributed by atoms with van der Waals surface area (Å²) in [7, 11) is 0. The van der Waals surface area contributed by atoms with Gasteiger partial charge in [-0.1, -0.05) is 200 Å². The summed E-state index contributed by atoms with van der Waals surface area (Å²) in [5, 5.41) is 15.3. The molecule has 0 radical (unpaired) electrons. The fourth-order valence-corrected chi connectivity index (χ4v) is 11.9. The number of benzene rings is 11. The summed E-state index contributed by atoms with van der Waals surface area (Å²) >= 11 is 0. The number of hydrogen-bond donors (Lipinski definition) is 0. The Morgan fingerprint density at radius 1 is 0.203 bits per heavy atom. The maximum absolute atomic E-state index is 2.54. The van der Waals surface area contributed by atoms with E-state index in [-0.39, 0.29) is 0 Å². The quantitative estimate of drug-likeness (QED) is 0.157. The van der Waals surface area contributed by atoms with E-state index in [9.17, 15) is 0 Å². The summed E-state index contributed by atoms with van der Waals surface area (Å²) in [5.41, 5.74) is 17.4. The molecule has 64 heavy (non-hydrogen) atoms. The first-order valence-corrected chi connectivity index (χ1v) is 22.3. The minimum atomic E-state index is 1.21. The second-order valence-corrected chi connectivity index (χ2v) is 17.5. The lowest BCUT2D eigenvalue weighted by Gasteiger charge is -2.20. The van der Waals surface area contributed by atoms with Crippen molar-refractivity contribution in [3.63, 3.8) is 0 Å². The molecule has 15 aromatic rings. The van der Waals surface area contributed by atoms with Crippen LogP contribution in [0, 0.1) is 0 Å². The number of fused-ring (bicyclic) bond motifs is 14. The van der Waals surface area contributed by atoms with E-state index < -0.39 is 0 Å². The lowest BCUT2D eigenvalue weighted by Crippen LogP contribution is -1.94. The van der Waals surface area contributed by atoms with Crippen molar-refractivity contribution in [2.24, 2.45) is 0 Å². The molecular formula is C62H36N2. The largest absolute Gasteiger partial charge is 0.307 e. The highest BCUT2D eigenvalue weighted by molar-refractivity contribution is 6.29. The molecule has 0 amide bonds. The van der Waals surface area contributed by atoms with E-state index >= 15 is 0 Å². The van der Waals surface area contributed by atoms with Crippen molar-refractivity contribution in [3.05, 3.63) is 218 Å². The highest BCUT2D eigenvalue weighted by Crippen LogP contribution is 2.50. The van der Waals surface area contributed by atoms with Gasteiger partial charge in [0, 0.05) is 54.2 Å². The van der Waals surface area contributed by atoms with Crippen molar-refractivity contribution in [3.8, 4) is 44.5 Å². The van der Waals surface area contributed by atoms with Crippen LogP contribution < -0.4 is 0 Å². The Labute approximate surface area is 367 Å². The smallest absolute Gasteiger partial charge is 0.0620 e. The highest BCUT2D eigenvalue weighted by Gasteiger charge is 2.25. The zero-order chi connectivity index (χ0) is 41.6. The molecule has 4 aromatic heterocycles. The van der Waals surface area contributed by atoms with Gasteiger partial charge >= 0.3 is 0 Å². The summed E-state index contributed by atoms with van der Waals surface area (Å²) in [4.78, 5) is 0. The van der Waals surface area contributed by atoms with Crippen LogP contribution in [0.3, 0.4) is 0 Å². The van der Waals surface area contributed by atoms with Crippen molar-refractivity contribution in [2.75, 3.05) is 0 Å². The van der Waals surface area contributed by atoms with Crippen molar-refractivity contribution in [2.45, 2.75) is 0 Å². The van der Waals surface area contributed by atoms with Crippen molar-refractivity contribution < 1.29 is 0 Å². The third-order valence-corrected chi connectivity index (χ3v) is 14.4. The number of hydrogen-bond acceptors (Lipinski definition) is 0. The monoisotopic (exact) mass is 808 g/mol. The van der Waals surface area contributed by atoms with Crippen LogP contribution in [0.5, 0.6) is 0 Å². The first-order valence-electron chi connectivity index (χ1n) is 22.3. The Morgan fingerprint density at radius 2 is 0.547 bits per heavy atom. The van der Waals surface area contributed by atoms with Gasteiger partial charge in [0.25, 0.3) is 0 Å². The predicted molar refractivity (Wildman–Crippen MR) is 273 cm³/mol. The summed E-state index contributed by atoms with van der Waals surface area (Å²) in [6.07, 6.45) is 0. The zero-order valence-electron chi connectivity index (χ0n) is 34.7. The second-order valence-electron chi connectivity index (χ2n) is 17.5. The summed E-state index contributed by atoms with van der Waals surface area (Å²) in [6, 6.07) is 81.6. The van der Waals surface area contributed by atoms with Crippen molar-refractivity contribution >= 4 is 97.7 Å². The van der Waals surface area contributed by atoms with E-state index in [1.54, 1.807) is 0 Å². The number of aromatic nitrogens is 2. The van der Waals surface area contributed by atoms with Gasteiger partial charge in [0.05, 0.1) is 33.1 Å². The fraction of sp³-hybridized carbons (Fsp3) is 0. The molecule has 0 fully saturated rings. The van der Waals surface area contributed by atoms with Gasteiger partial charge in [-0.3, -0.25) is 0 Å². The third kappa shape index (κ3) is 4.34. The molecule has 0 unspecified atom stereocenters. The molecule has 0 spiro atoms. The van der Waals surface area contributed by atoms with Crippen LogP contribution >= 0.6 is 0 Å². The Morgan fingerprint density at radius 3 is 1.06 bits per heavy atom. The minimum Gasteiger partial charge on any atom is -0.307 e. The topological polar surface area (TPSA) is 8.82 Å². The maximum Gasteiger partial charge on any atom is 0.0620 e. The molecule has 4 heterocycles. The van der Waals surface area contributed by atoms with Gasteiger partial charge in [-0.05, 0) is 73.1 Å². The summed E-state index contributed by atoms with van der Waals surface area (Å²) in [6.45, 7) is 0. The molecule has 0 aliphatic rings. The van der Waals surface area contributed by atoms with E-state index in [0.717, 1.165) is 0 Å². The molecule has 0 saturated carbocycles. The van der Waals surface area contributed by atoms with Gasteiger partial charge in [-0.25, -0.2) is 0 Å². The van der Waals surface area contributed by atoms with Crippen LogP contribution in [0.4, 0.5) is 0 Å². The molecular weight excluding hydrogens is 773 g/mol. The number of para-hydroxylation sites is 6. The van der Waals surface area contributed by atoms with Gasteiger partial charge in [-0.2, -0.15) is 0 Å². The highest BCUT2D eigenvalue weighted by atomic mass is 14.9. The standard InChI is InChI=1S/C62H36N2/c1-2-16-37(17-3-1)38-18-4-5-21-43(38)58-44-24-10-22-39(46-26-12-30-50-52-32-14-28-48-41-19-6-8-34-56(41)63(59(46)50)61(48)52)54(44)36-55-40(23-11-25-45(55)58)47-27-13-31-51-53-33-15-29-49-42-20-7-9-35-57(42)64(60(47)51)62(49)53/h1-36H. The Hall–Kier alpha value is -8.46. The van der Waals surface area contributed by atoms with E-state index in [4.69, 9.17) is 0 Å². The Bertz CT molecular complexity index is 4170. The van der Waals surface area contributed by atoms with Gasteiger partial charge in [-0.15, -0.1) is 0 Å². The van der Waals surface area contributed by atoms with E-state index in [0.29, 0.717) is 0 Å². The van der Waals surface area contributed by atoms with Crippen LogP contribution in [0.15, 0.2) is 218 Å². The van der Waals surface area contributed by atoms with Crippen LogP contribution in [0.2, 0.25) is 0 Å². The molecule has 0 atom stereocenters. The van der Waals surface area contributed by atoms with E-state index in [2.05, 4.69) is 227 Å². The van der Waals surface area contributed by atoms with Gasteiger partial charge < -0.3 is 8.80 Å². The predicted octanol–water partition coefficient (Wildman–Crippen LogP) is 17.0. The van der Waals surface area contributed by atoms with Gasteiger partial charge in [0.15, 0.2) is 0 Å². The summed E-state index contributed by atoms with van der Waals surface area (Å²) in [5.74, 6) is 0. The van der Waals surface area contributed by atoms with Crippen LogP contribution in [-0.4, -0.2) is 8.80 Å². The SMILES string of the molecule is c1ccc(-c2ccccc2-c2c3cccc(-c4cccc5c6cccc7c8ccccc8n(c45)c76)c3cc3c(-c4cccc5c6cccc7c8ccccc8n(c45)c76)cccc23)cc1. The average Bonchev–Trinajstić information content (AvgIpc) is 4.10. The maximum atomic E-state index is 2.54. The normalized spacial score (nSPS) is 12.4. The van der Waals surface area contributed by atoms with Crippen LogP contribution in [-0.2, 0) is 0 Å². The molecule has 294 valence electrons. The molecule has 0 bridgehead atoms. The van der Waals surface area contributed by atoms with Gasteiger partial charge in [0.1, 0.15) is 0 Å². The number of rotatable bonds is 4. The van der Waals surface area contributed by atoms with Crippen molar-refractivity contribution in [1.82, 2.24) is 8.80 Å². The molecule has 0 aliphatic heterocycles. The molecule has 0 aliphatic carbocycles. The summed E-state index contributed by atoms with van der Waals surface area (Å²) < 4.78 is 5.07. The minimum absolute atomic E-state index is 1.21. The average molecular weight is 809 g/mol. The lowest BCUT2D eigenvalue weighted by atomic mass is 9.84. The van der Waals surface area contributed by atoms with Gasteiger partial charge in [0.2, 0.25) is 0 Å². The number of nitrogens with zero attached hydrogens (tertiary/aromatic N) is 2. The van der Waals surface area contributed by atoms with E-state index in [1.165, 1.54) is 142 Å². The van der Waals surface area contributed by atoms with Crippen molar-refractivity contribution in [1.29, 1.82) is 0 Å². The fourth-order valence-electron chi connectivity index (χ4n) is 11.9. The third-order valence-electron chi connectivity index (χ3n) is 14.4. The molecule has 0 N–H and O–H groups in total. The molecule has 2 nitrogen and oxygen atoms in total. The lowest BCUT2D eigenvalue weighted by molar-refractivity contribution is 1.37. The molecule has 0 saturated heterocycles. The second kappa shape index (κ2) is 12.6. The van der Waals surface area contributed by atoms with Crippen LogP contribution in [0.25, 0.3) is 142 Å².